The summed E-state index contributed by atoms with van der Waals surface area (Å²) in [4.78, 5) is 0. The first-order chi connectivity index (χ1) is 6.65. The Morgan fingerprint density at radius 2 is 1.79 bits per heavy atom. The molecular formula is C12H18FN. The summed E-state index contributed by atoms with van der Waals surface area (Å²) in [5.41, 5.74) is 8.39. The minimum absolute atomic E-state index is 0.0786. The molecule has 0 aliphatic heterocycles. The van der Waals surface area contributed by atoms with Crippen LogP contribution in [0.4, 0.5) is 4.39 Å². The van der Waals surface area contributed by atoms with Crippen molar-refractivity contribution in [1.82, 2.24) is 0 Å². The minimum Gasteiger partial charge on any atom is -0.330 e. The molecule has 0 fully saturated rings. The van der Waals surface area contributed by atoms with E-state index in [1.54, 1.807) is 6.07 Å². The molecule has 0 bridgehead atoms. The summed E-state index contributed by atoms with van der Waals surface area (Å²) in [5, 5.41) is 0. The molecule has 0 atom stereocenters. The smallest absolute Gasteiger partial charge is 0.126 e. The maximum absolute atomic E-state index is 13.4. The molecule has 2 heteroatoms. The van der Waals surface area contributed by atoms with Crippen molar-refractivity contribution in [2.45, 2.75) is 33.1 Å². The summed E-state index contributed by atoms with van der Waals surface area (Å²) in [6.45, 7) is 4.63. The normalized spacial score (nSPS) is 10.6. The Kier molecular flexibility index (Phi) is 4.08. The fourth-order valence-electron chi connectivity index (χ4n) is 1.49. The number of aryl methyl sites for hydroxylation is 3. The largest absolute Gasteiger partial charge is 0.330 e. The molecule has 0 saturated carbocycles. The second-order valence-corrected chi connectivity index (χ2v) is 3.77. The average molecular weight is 195 g/mol. The monoisotopic (exact) mass is 195 g/mol. The highest BCUT2D eigenvalue weighted by molar-refractivity contribution is 5.31. The molecule has 0 unspecified atom stereocenters. The van der Waals surface area contributed by atoms with Crippen LogP contribution in [0.15, 0.2) is 12.1 Å². The maximum atomic E-state index is 13.4. The lowest BCUT2D eigenvalue weighted by molar-refractivity contribution is 0.599. The molecule has 0 aliphatic carbocycles. The van der Waals surface area contributed by atoms with Crippen LogP contribution in [0.5, 0.6) is 0 Å². The van der Waals surface area contributed by atoms with Crippen LogP contribution in [0.2, 0.25) is 0 Å². The van der Waals surface area contributed by atoms with Gasteiger partial charge in [-0.15, -0.1) is 0 Å². The quantitative estimate of drug-likeness (QED) is 0.734. The standard InChI is InChI=1S/C12H18FN/c1-9-7-11(5-3-4-6-14)12(13)8-10(9)2/h7-8H,3-6,14H2,1-2H3. The highest BCUT2D eigenvalue weighted by atomic mass is 19.1. The van der Waals surface area contributed by atoms with Gasteiger partial charge in [0.1, 0.15) is 5.82 Å². The molecule has 0 heterocycles. The van der Waals surface area contributed by atoms with E-state index in [1.165, 1.54) is 0 Å². The van der Waals surface area contributed by atoms with Gasteiger partial charge in [0, 0.05) is 0 Å². The molecule has 0 aliphatic rings. The van der Waals surface area contributed by atoms with Gasteiger partial charge in [0.2, 0.25) is 0 Å². The second-order valence-electron chi connectivity index (χ2n) is 3.77. The van der Waals surface area contributed by atoms with Crippen molar-refractivity contribution < 1.29 is 4.39 Å². The summed E-state index contributed by atoms with van der Waals surface area (Å²) in [7, 11) is 0. The Morgan fingerprint density at radius 3 is 2.43 bits per heavy atom. The van der Waals surface area contributed by atoms with Crippen molar-refractivity contribution >= 4 is 0 Å². The van der Waals surface area contributed by atoms with Crippen molar-refractivity contribution in [3.63, 3.8) is 0 Å². The molecule has 0 spiro atoms. The molecule has 2 N–H and O–H groups in total. The third-order valence-corrected chi connectivity index (χ3v) is 2.56. The van der Waals surface area contributed by atoms with Gasteiger partial charge in [-0.3, -0.25) is 0 Å². The first kappa shape index (κ1) is 11.2. The van der Waals surface area contributed by atoms with E-state index >= 15 is 0 Å². The number of hydrogen-bond donors (Lipinski definition) is 1. The summed E-state index contributed by atoms with van der Waals surface area (Å²) in [6, 6.07) is 3.56. The highest BCUT2D eigenvalue weighted by Crippen LogP contribution is 2.16. The van der Waals surface area contributed by atoms with Gasteiger partial charge in [0.25, 0.3) is 0 Å². The Labute approximate surface area is 85.1 Å². The van der Waals surface area contributed by atoms with Gasteiger partial charge in [0.15, 0.2) is 0 Å². The molecule has 1 rings (SSSR count). The number of unbranched alkanes of at least 4 members (excludes halogenated alkanes) is 1. The molecule has 1 aromatic rings. The van der Waals surface area contributed by atoms with Gasteiger partial charge in [-0.25, -0.2) is 4.39 Å². The molecule has 78 valence electrons. The fraction of sp³-hybridized carbons (Fsp3) is 0.500. The van der Waals surface area contributed by atoms with Gasteiger partial charge in [-0.05, 0) is 62.4 Å². The molecule has 14 heavy (non-hydrogen) atoms. The number of nitrogens with two attached hydrogens (primary N) is 1. The SMILES string of the molecule is Cc1cc(F)c(CCCCN)cc1C. The molecule has 1 aromatic carbocycles. The van der Waals surface area contributed by atoms with Crippen LogP contribution >= 0.6 is 0 Å². The third-order valence-electron chi connectivity index (χ3n) is 2.56. The van der Waals surface area contributed by atoms with Crippen molar-refractivity contribution in [2.24, 2.45) is 5.73 Å². The average Bonchev–Trinajstić information content (AvgIpc) is 2.14. The summed E-state index contributed by atoms with van der Waals surface area (Å²) in [6.07, 6.45) is 2.73. The zero-order valence-corrected chi connectivity index (χ0v) is 8.94. The van der Waals surface area contributed by atoms with Crippen molar-refractivity contribution in [3.8, 4) is 0 Å². The molecule has 1 nitrogen and oxygen atoms in total. The lowest BCUT2D eigenvalue weighted by Crippen LogP contribution is -2.00. The second kappa shape index (κ2) is 5.11. The molecule has 0 amide bonds. The van der Waals surface area contributed by atoms with Crippen LogP contribution in [0, 0.1) is 19.7 Å². The van der Waals surface area contributed by atoms with E-state index in [-0.39, 0.29) is 5.82 Å². The maximum Gasteiger partial charge on any atom is 0.126 e. The predicted molar refractivity (Wildman–Crippen MR) is 57.9 cm³/mol. The predicted octanol–water partition coefficient (Wildman–Crippen LogP) is 2.72. The Hall–Kier alpha value is -0.890. The van der Waals surface area contributed by atoms with Crippen molar-refractivity contribution in [1.29, 1.82) is 0 Å². The highest BCUT2D eigenvalue weighted by Gasteiger charge is 2.04. The van der Waals surface area contributed by atoms with Gasteiger partial charge < -0.3 is 5.73 Å². The zero-order valence-electron chi connectivity index (χ0n) is 8.94. The van der Waals surface area contributed by atoms with Crippen LogP contribution < -0.4 is 5.73 Å². The topological polar surface area (TPSA) is 26.0 Å². The van der Waals surface area contributed by atoms with E-state index in [4.69, 9.17) is 5.73 Å². The number of halogens is 1. The third kappa shape index (κ3) is 2.81. The fourth-order valence-corrected chi connectivity index (χ4v) is 1.49. The van der Waals surface area contributed by atoms with Crippen LogP contribution in [0.1, 0.15) is 29.5 Å². The van der Waals surface area contributed by atoms with Crippen molar-refractivity contribution in [3.05, 3.63) is 34.6 Å². The molecule has 0 saturated heterocycles. The van der Waals surface area contributed by atoms with E-state index in [0.717, 1.165) is 36.0 Å². The van der Waals surface area contributed by atoms with Crippen LogP contribution in [-0.2, 0) is 6.42 Å². The first-order valence-corrected chi connectivity index (χ1v) is 5.11. The van der Waals surface area contributed by atoms with Gasteiger partial charge in [-0.1, -0.05) is 6.07 Å². The van der Waals surface area contributed by atoms with Gasteiger partial charge in [0.05, 0.1) is 0 Å². The molecular weight excluding hydrogens is 177 g/mol. The Bertz CT molecular complexity index is 307. The lowest BCUT2D eigenvalue weighted by Gasteiger charge is -2.06. The van der Waals surface area contributed by atoms with Crippen LogP contribution in [0.3, 0.4) is 0 Å². The van der Waals surface area contributed by atoms with Crippen molar-refractivity contribution in [2.75, 3.05) is 6.54 Å². The Balaban J connectivity index is 2.72. The van der Waals surface area contributed by atoms with E-state index in [0.29, 0.717) is 6.54 Å². The van der Waals surface area contributed by atoms with E-state index < -0.39 is 0 Å². The number of rotatable bonds is 4. The first-order valence-electron chi connectivity index (χ1n) is 5.11. The molecule has 0 aromatic heterocycles. The van der Waals surface area contributed by atoms with E-state index in [9.17, 15) is 4.39 Å². The Morgan fingerprint density at radius 1 is 1.14 bits per heavy atom. The summed E-state index contributed by atoms with van der Waals surface area (Å²) in [5.74, 6) is -0.0786. The van der Waals surface area contributed by atoms with Gasteiger partial charge in [-0.2, -0.15) is 0 Å². The van der Waals surface area contributed by atoms with E-state index in [1.807, 2.05) is 19.9 Å². The van der Waals surface area contributed by atoms with Crippen LogP contribution in [-0.4, -0.2) is 6.54 Å². The van der Waals surface area contributed by atoms with E-state index in [2.05, 4.69) is 0 Å². The minimum atomic E-state index is -0.0786. The number of benzene rings is 1. The molecule has 0 radical (unpaired) electrons. The lowest BCUT2D eigenvalue weighted by atomic mass is 10.0. The van der Waals surface area contributed by atoms with Gasteiger partial charge >= 0.3 is 0 Å². The summed E-state index contributed by atoms with van der Waals surface area (Å²) >= 11 is 0. The zero-order chi connectivity index (χ0) is 10.6. The summed E-state index contributed by atoms with van der Waals surface area (Å²) < 4.78 is 13.4. The number of hydrogen-bond acceptors (Lipinski definition) is 1. The van der Waals surface area contributed by atoms with Crippen LogP contribution in [0.25, 0.3) is 0 Å².